The third kappa shape index (κ3) is 1.48. The Kier molecular flexibility index (Phi) is 1.99. The van der Waals surface area contributed by atoms with Crippen molar-refractivity contribution in [2.75, 3.05) is 0 Å². The molecule has 4 heteroatoms. The van der Waals surface area contributed by atoms with E-state index >= 15 is 0 Å². The van der Waals surface area contributed by atoms with Gasteiger partial charge in [-0.25, -0.2) is 4.98 Å². The number of aromatic nitrogens is 3. The van der Waals surface area contributed by atoms with Crippen LogP contribution in [0.5, 0.6) is 0 Å². The Balaban J connectivity index is 2.47. The van der Waals surface area contributed by atoms with Crippen molar-refractivity contribution in [3.8, 4) is 17.2 Å². The number of hydrogen-bond donors (Lipinski definition) is 0. The van der Waals surface area contributed by atoms with E-state index in [0.717, 1.165) is 11.1 Å². The van der Waals surface area contributed by atoms with Crippen LogP contribution < -0.4 is 0 Å². The summed E-state index contributed by atoms with van der Waals surface area (Å²) in [5, 5.41) is 12.7. The maximum atomic E-state index is 8.68. The van der Waals surface area contributed by atoms with Crippen LogP contribution in [-0.4, -0.2) is 14.8 Å². The molecule has 0 aliphatic heterocycles. The van der Waals surface area contributed by atoms with Crippen LogP contribution in [0.1, 0.15) is 5.69 Å². The van der Waals surface area contributed by atoms with E-state index in [1.54, 1.807) is 23.1 Å². The Bertz CT molecular complexity index is 493. The van der Waals surface area contributed by atoms with Gasteiger partial charge in [0, 0.05) is 25.0 Å². The Morgan fingerprint density at radius 3 is 2.93 bits per heavy atom. The van der Waals surface area contributed by atoms with Gasteiger partial charge in [-0.3, -0.25) is 4.68 Å². The van der Waals surface area contributed by atoms with Gasteiger partial charge in [-0.05, 0) is 17.7 Å². The van der Waals surface area contributed by atoms with Crippen molar-refractivity contribution in [2.24, 2.45) is 7.05 Å². The summed E-state index contributed by atoms with van der Waals surface area (Å²) in [6, 6.07) is 5.61. The third-order valence-electron chi connectivity index (χ3n) is 1.91. The summed E-state index contributed by atoms with van der Waals surface area (Å²) in [6.07, 6.45) is 5.29. The monoisotopic (exact) mass is 184 g/mol. The van der Waals surface area contributed by atoms with Crippen molar-refractivity contribution in [1.82, 2.24) is 14.8 Å². The van der Waals surface area contributed by atoms with Gasteiger partial charge in [-0.1, -0.05) is 0 Å². The summed E-state index contributed by atoms with van der Waals surface area (Å²) in [5.41, 5.74) is 2.38. The van der Waals surface area contributed by atoms with Gasteiger partial charge in [0.2, 0.25) is 0 Å². The van der Waals surface area contributed by atoms with Crippen LogP contribution >= 0.6 is 0 Å². The minimum absolute atomic E-state index is 0.423. The van der Waals surface area contributed by atoms with Gasteiger partial charge in [-0.2, -0.15) is 10.4 Å². The molecule has 0 aliphatic carbocycles. The van der Waals surface area contributed by atoms with Crippen molar-refractivity contribution in [1.29, 1.82) is 5.26 Å². The van der Waals surface area contributed by atoms with E-state index in [0.29, 0.717) is 5.69 Å². The van der Waals surface area contributed by atoms with Crippen LogP contribution in [0.4, 0.5) is 0 Å². The number of aryl methyl sites for hydroxylation is 1. The highest BCUT2D eigenvalue weighted by Crippen LogP contribution is 2.17. The number of nitrogens with zero attached hydrogens (tertiary/aromatic N) is 4. The van der Waals surface area contributed by atoms with Crippen molar-refractivity contribution in [2.45, 2.75) is 0 Å². The molecular formula is C10H8N4. The Hall–Kier alpha value is -2.15. The topological polar surface area (TPSA) is 54.5 Å². The lowest BCUT2D eigenvalue weighted by Crippen LogP contribution is -1.84. The number of rotatable bonds is 1. The quantitative estimate of drug-likeness (QED) is 0.672. The van der Waals surface area contributed by atoms with Gasteiger partial charge in [-0.15, -0.1) is 0 Å². The molecule has 68 valence electrons. The summed E-state index contributed by atoms with van der Waals surface area (Å²) < 4.78 is 1.72. The molecule has 0 amide bonds. The predicted octanol–water partition coefficient (Wildman–Crippen LogP) is 1.35. The molecule has 0 saturated carbocycles. The summed E-state index contributed by atoms with van der Waals surface area (Å²) >= 11 is 0. The van der Waals surface area contributed by atoms with Crippen LogP contribution in [0.25, 0.3) is 11.1 Å². The third-order valence-corrected chi connectivity index (χ3v) is 1.91. The van der Waals surface area contributed by atoms with Crippen molar-refractivity contribution >= 4 is 0 Å². The van der Waals surface area contributed by atoms with E-state index in [9.17, 15) is 0 Å². The second-order valence-electron chi connectivity index (χ2n) is 2.94. The Labute approximate surface area is 81.4 Å². The van der Waals surface area contributed by atoms with Gasteiger partial charge >= 0.3 is 0 Å². The van der Waals surface area contributed by atoms with Crippen LogP contribution in [0.15, 0.2) is 30.7 Å². The minimum atomic E-state index is 0.423. The normalized spacial score (nSPS) is 9.71. The molecule has 0 fully saturated rings. The van der Waals surface area contributed by atoms with E-state index in [4.69, 9.17) is 5.26 Å². The van der Waals surface area contributed by atoms with Crippen molar-refractivity contribution in [3.05, 3.63) is 36.4 Å². The molecule has 0 spiro atoms. The summed E-state index contributed by atoms with van der Waals surface area (Å²) in [4.78, 5) is 3.90. The maximum absolute atomic E-state index is 8.68. The molecule has 0 bridgehead atoms. The molecule has 0 radical (unpaired) electrons. The highest BCUT2D eigenvalue weighted by atomic mass is 15.2. The van der Waals surface area contributed by atoms with E-state index in [1.807, 2.05) is 25.4 Å². The van der Waals surface area contributed by atoms with Gasteiger partial charge in [0.05, 0.1) is 6.20 Å². The first-order chi connectivity index (χ1) is 6.79. The summed E-state index contributed by atoms with van der Waals surface area (Å²) in [5.74, 6) is 0. The highest BCUT2D eigenvalue weighted by molar-refractivity contribution is 5.62. The molecule has 0 aliphatic rings. The molecule has 2 rings (SSSR count). The molecule has 2 aromatic rings. The van der Waals surface area contributed by atoms with E-state index in [2.05, 4.69) is 10.1 Å². The molecule has 0 saturated heterocycles. The van der Waals surface area contributed by atoms with Crippen LogP contribution in [0.2, 0.25) is 0 Å². The van der Waals surface area contributed by atoms with Gasteiger partial charge < -0.3 is 0 Å². The van der Waals surface area contributed by atoms with Crippen LogP contribution in [0.3, 0.4) is 0 Å². The molecule has 0 atom stereocenters. The smallest absolute Gasteiger partial charge is 0.141 e. The fourth-order valence-electron chi connectivity index (χ4n) is 1.24. The largest absolute Gasteiger partial charge is 0.275 e. The molecule has 2 aromatic heterocycles. The lowest BCUT2D eigenvalue weighted by Gasteiger charge is -1.95. The first-order valence-electron chi connectivity index (χ1n) is 4.15. The summed E-state index contributed by atoms with van der Waals surface area (Å²) in [7, 11) is 1.86. The zero-order valence-corrected chi connectivity index (χ0v) is 7.68. The first kappa shape index (κ1) is 8.45. The molecule has 0 unspecified atom stereocenters. The van der Waals surface area contributed by atoms with Gasteiger partial charge in [0.1, 0.15) is 11.8 Å². The molecule has 0 N–H and O–H groups in total. The average molecular weight is 184 g/mol. The van der Waals surface area contributed by atoms with Crippen LogP contribution in [0, 0.1) is 11.3 Å². The number of nitriles is 1. The fourth-order valence-corrected chi connectivity index (χ4v) is 1.24. The fraction of sp³-hybridized carbons (Fsp3) is 0.100. The average Bonchev–Trinajstić information content (AvgIpc) is 2.65. The Morgan fingerprint density at radius 1 is 1.43 bits per heavy atom. The second-order valence-corrected chi connectivity index (χ2v) is 2.94. The van der Waals surface area contributed by atoms with Crippen molar-refractivity contribution in [3.63, 3.8) is 0 Å². The molecule has 4 nitrogen and oxygen atoms in total. The van der Waals surface area contributed by atoms with E-state index in [1.165, 1.54) is 0 Å². The number of hydrogen-bond acceptors (Lipinski definition) is 3. The first-order valence-corrected chi connectivity index (χ1v) is 4.15. The molecule has 0 aromatic carbocycles. The lowest BCUT2D eigenvalue weighted by atomic mass is 10.1. The van der Waals surface area contributed by atoms with E-state index in [-0.39, 0.29) is 0 Å². The predicted molar refractivity (Wildman–Crippen MR) is 51.2 cm³/mol. The van der Waals surface area contributed by atoms with Crippen molar-refractivity contribution < 1.29 is 0 Å². The zero-order valence-electron chi connectivity index (χ0n) is 7.68. The SMILES string of the molecule is Cn1cc(-c2ccnc(C#N)c2)cn1. The Morgan fingerprint density at radius 2 is 2.29 bits per heavy atom. The second kappa shape index (κ2) is 3.30. The van der Waals surface area contributed by atoms with Gasteiger partial charge in [0.15, 0.2) is 0 Å². The molecular weight excluding hydrogens is 176 g/mol. The lowest BCUT2D eigenvalue weighted by molar-refractivity contribution is 0.768. The molecule has 14 heavy (non-hydrogen) atoms. The van der Waals surface area contributed by atoms with E-state index < -0.39 is 0 Å². The zero-order chi connectivity index (χ0) is 9.97. The van der Waals surface area contributed by atoms with Gasteiger partial charge in [0.25, 0.3) is 0 Å². The highest BCUT2D eigenvalue weighted by Gasteiger charge is 2.01. The number of pyridine rings is 1. The summed E-state index contributed by atoms with van der Waals surface area (Å²) in [6.45, 7) is 0. The molecule has 2 heterocycles. The van der Waals surface area contributed by atoms with Crippen LogP contribution in [-0.2, 0) is 7.05 Å². The standard InChI is InChI=1S/C10H8N4/c1-14-7-9(6-13-14)8-2-3-12-10(4-8)5-11/h2-4,6-7H,1H3. The maximum Gasteiger partial charge on any atom is 0.141 e. The minimum Gasteiger partial charge on any atom is -0.275 e.